The first kappa shape index (κ1) is 19.8. The molecule has 0 bridgehead atoms. The van der Waals surface area contributed by atoms with Crippen LogP contribution in [0.5, 0.6) is 5.75 Å². The molecule has 1 aromatic carbocycles. The summed E-state index contributed by atoms with van der Waals surface area (Å²) < 4.78 is 25.5. The van der Waals surface area contributed by atoms with E-state index in [0.29, 0.717) is 54.7 Å². The minimum Gasteiger partial charge on any atom is -0.495 e. The molecule has 28 heavy (non-hydrogen) atoms. The lowest BCUT2D eigenvalue weighted by Gasteiger charge is -2.27. The number of nitrogens with one attached hydrogen (secondary N) is 2. The Labute approximate surface area is 163 Å². The summed E-state index contributed by atoms with van der Waals surface area (Å²) in [6.07, 6.45) is 1.42. The third-order valence-electron chi connectivity index (χ3n) is 4.37. The molecule has 0 spiro atoms. The molecule has 2 aromatic rings. The van der Waals surface area contributed by atoms with E-state index >= 15 is 0 Å². The Hall–Kier alpha value is -2.96. The number of morpholine rings is 1. The maximum Gasteiger partial charge on any atom is 0.229 e. The van der Waals surface area contributed by atoms with E-state index in [9.17, 15) is 4.39 Å². The Morgan fingerprint density at radius 3 is 2.82 bits per heavy atom. The van der Waals surface area contributed by atoms with Gasteiger partial charge in [0.05, 0.1) is 32.2 Å². The monoisotopic (exact) mass is 386 g/mol. The van der Waals surface area contributed by atoms with Gasteiger partial charge in [-0.05, 0) is 13.0 Å². The molecule has 2 heterocycles. The molecule has 1 aromatic heterocycles. The van der Waals surface area contributed by atoms with Crippen LogP contribution in [0.2, 0.25) is 0 Å². The Balaban J connectivity index is 1.83. The maximum absolute atomic E-state index is 14.7. The number of methoxy groups -OCH3 is 1. The number of anilines is 3. The van der Waals surface area contributed by atoms with Crippen molar-refractivity contribution in [2.45, 2.75) is 13.5 Å². The fourth-order valence-electron chi connectivity index (χ4n) is 2.93. The van der Waals surface area contributed by atoms with Gasteiger partial charge in [0.1, 0.15) is 29.0 Å². The highest BCUT2D eigenvalue weighted by Crippen LogP contribution is 2.31. The molecular formula is C19H23FN6O2. The van der Waals surface area contributed by atoms with Crippen LogP contribution in [-0.2, 0) is 11.3 Å². The van der Waals surface area contributed by atoms with Gasteiger partial charge >= 0.3 is 0 Å². The lowest BCUT2D eigenvalue weighted by Crippen LogP contribution is -2.35. The number of hydrogen-bond donors (Lipinski definition) is 2. The second-order valence-electron chi connectivity index (χ2n) is 6.26. The van der Waals surface area contributed by atoms with Crippen LogP contribution in [0, 0.1) is 17.1 Å². The lowest BCUT2D eigenvalue weighted by atomic mass is 10.1. The molecule has 1 aliphatic heterocycles. The number of hydrogen-bond acceptors (Lipinski definition) is 8. The summed E-state index contributed by atoms with van der Waals surface area (Å²) in [5.74, 6) is 0.817. The van der Waals surface area contributed by atoms with Crippen LogP contribution < -0.4 is 15.4 Å². The van der Waals surface area contributed by atoms with E-state index in [1.54, 1.807) is 6.07 Å². The summed E-state index contributed by atoms with van der Waals surface area (Å²) in [5, 5.41) is 15.1. The van der Waals surface area contributed by atoms with Crippen molar-refractivity contribution in [3.8, 4) is 11.8 Å². The molecule has 9 heteroatoms. The van der Waals surface area contributed by atoms with Crippen molar-refractivity contribution in [1.29, 1.82) is 5.26 Å². The highest BCUT2D eigenvalue weighted by Gasteiger charge is 2.17. The third kappa shape index (κ3) is 4.65. The topological polar surface area (TPSA) is 95.3 Å². The van der Waals surface area contributed by atoms with Crippen LogP contribution in [0.4, 0.5) is 21.8 Å². The van der Waals surface area contributed by atoms with E-state index in [1.165, 1.54) is 19.4 Å². The largest absolute Gasteiger partial charge is 0.495 e. The first-order valence-electron chi connectivity index (χ1n) is 9.09. The molecule has 2 N–H and O–H groups in total. The summed E-state index contributed by atoms with van der Waals surface area (Å²) in [4.78, 5) is 10.6. The average Bonchev–Trinajstić information content (AvgIpc) is 2.71. The fraction of sp³-hybridized carbons (Fsp3) is 0.421. The number of halogens is 1. The number of benzene rings is 1. The zero-order valence-electron chi connectivity index (χ0n) is 16.0. The van der Waals surface area contributed by atoms with Gasteiger partial charge in [-0.1, -0.05) is 0 Å². The lowest BCUT2D eigenvalue weighted by molar-refractivity contribution is 0.0337. The smallest absolute Gasteiger partial charge is 0.229 e. The van der Waals surface area contributed by atoms with Crippen molar-refractivity contribution < 1.29 is 13.9 Å². The minimum atomic E-state index is -0.338. The molecule has 0 atom stereocenters. The number of nitriles is 1. The molecular weight excluding hydrogens is 363 g/mol. The standard InChI is InChI=1S/C19H23FN6O2/c1-3-22-18-14(10-21)11-23-19(25-18)24-16-9-15(20)13(8-17(16)27-2)12-26-4-6-28-7-5-26/h8-9,11H,3-7,12H2,1-2H3,(H2,22,23,24,25). The molecule has 148 valence electrons. The van der Waals surface area contributed by atoms with E-state index in [-0.39, 0.29) is 11.8 Å². The highest BCUT2D eigenvalue weighted by molar-refractivity contribution is 5.65. The van der Waals surface area contributed by atoms with Crippen LogP contribution in [0.25, 0.3) is 0 Å². The molecule has 1 aliphatic rings. The van der Waals surface area contributed by atoms with Gasteiger partial charge in [0.25, 0.3) is 0 Å². The highest BCUT2D eigenvalue weighted by atomic mass is 19.1. The van der Waals surface area contributed by atoms with Crippen molar-refractivity contribution in [3.05, 3.63) is 35.3 Å². The van der Waals surface area contributed by atoms with E-state index in [2.05, 4.69) is 25.5 Å². The Morgan fingerprint density at radius 1 is 1.36 bits per heavy atom. The normalized spacial score (nSPS) is 14.4. The van der Waals surface area contributed by atoms with Gasteiger partial charge in [-0.2, -0.15) is 10.2 Å². The Morgan fingerprint density at radius 2 is 2.14 bits per heavy atom. The number of nitrogens with zero attached hydrogens (tertiary/aromatic N) is 4. The average molecular weight is 386 g/mol. The zero-order chi connectivity index (χ0) is 19.9. The number of rotatable bonds is 7. The summed E-state index contributed by atoms with van der Waals surface area (Å²) >= 11 is 0. The van der Waals surface area contributed by atoms with Crippen molar-refractivity contribution in [2.24, 2.45) is 0 Å². The summed E-state index contributed by atoms with van der Waals surface area (Å²) in [6, 6.07) is 5.10. The quantitative estimate of drug-likeness (QED) is 0.749. The molecule has 1 saturated heterocycles. The molecule has 8 nitrogen and oxygen atoms in total. The second kappa shape index (κ2) is 9.30. The maximum atomic E-state index is 14.7. The van der Waals surface area contributed by atoms with Crippen LogP contribution in [0.1, 0.15) is 18.1 Å². The van der Waals surface area contributed by atoms with Gasteiger partial charge in [-0.3, -0.25) is 4.90 Å². The second-order valence-corrected chi connectivity index (χ2v) is 6.26. The Kier molecular flexibility index (Phi) is 6.57. The zero-order valence-corrected chi connectivity index (χ0v) is 16.0. The van der Waals surface area contributed by atoms with Crippen LogP contribution in [0.15, 0.2) is 18.3 Å². The molecule has 0 unspecified atom stereocenters. The van der Waals surface area contributed by atoms with Crippen LogP contribution >= 0.6 is 0 Å². The van der Waals surface area contributed by atoms with Crippen molar-refractivity contribution in [1.82, 2.24) is 14.9 Å². The summed E-state index contributed by atoms with van der Waals surface area (Å²) in [5.41, 5.74) is 1.31. The fourth-order valence-corrected chi connectivity index (χ4v) is 2.93. The van der Waals surface area contributed by atoms with Gasteiger partial charge in [0.2, 0.25) is 5.95 Å². The van der Waals surface area contributed by atoms with Gasteiger partial charge in [-0.15, -0.1) is 0 Å². The van der Waals surface area contributed by atoms with Gasteiger partial charge in [0.15, 0.2) is 0 Å². The van der Waals surface area contributed by atoms with Gasteiger partial charge in [0, 0.05) is 37.8 Å². The molecule has 1 fully saturated rings. The van der Waals surface area contributed by atoms with Gasteiger partial charge < -0.3 is 20.1 Å². The molecule has 0 amide bonds. The minimum absolute atomic E-state index is 0.244. The molecule has 0 radical (unpaired) electrons. The Bertz CT molecular complexity index is 864. The van der Waals surface area contributed by atoms with E-state index in [1.807, 2.05) is 13.0 Å². The number of ether oxygens (including phenoxy) is 2. The summed E-state index contributed by atoms with van der Waals surface area (Å²) in [7, 11) is 1.53. The molecule has 0 aliphatic carbocycles. The van der Waals surface area contributed by atoms with Crippen LogP contribution in [-0.4, -0.2) is 54.8 Å². The van der Waals surface area contributed by atoms with Crippen LogP contribution in [0.3, 0.4) is 0 Å². The first-order chi connectivity index (χ1) is 13.6. The molecule has 3 rings (SSSR count). The summed E-state index contributed by atoms with van der Waals surface area (Å²) in [6.45, 7) is 5.86. The van der Waals surface area contributed by atoms with Gasteiger partial charge in [-0.25, -0.2) is 9.37 Å². The number of aromatic nitrogens is 2. The predicted molar refractivity (Wildman–Crippen MR) is 103 cm³/mol. The van der Waals surface area contributed by atoms with E-state index < -0.39 is 0 Å². The predicted octanol–water partition coefficient (Wildman–Crippen LogP) is 2.50. The van der Waals surface area contributed by atoms with E-state index in [4.69, 9.17) is 14.7 Å². The van der Waals surface area contributed by atoms with Crippen molar-refractivity contribution in [2.75, 3.05) is 50.6 Å². The van der Waals surface area contributed by atoms with Crippen molar-refractivity contribution in [3.63, 3.8) is 0 Å². The molecule has 0 saturated carbocycles. The third-order valence-corrected chi connectivity index (χ3v) is 4.37. The van der Waals surface area contributed by atoms with Crippen molar-refractivity contribution >= 4 is 17.5 Å². The first-order valence-corrected chi connectivity index (χ1v) is 9.09. The SMILES string of the molecule is CCNc1nc(Nc2cc(F)c(CN3CCOCC3)cc2OC)ncc1C#N. The van der Waals surface area contributed by atoms with E-state index in [0.717, 1.165) is 13.1 Å².